The van der Waals surface area contributed by atoms with Crippen LogP contribution in [0.25, 0.3) is 11.0 Å². The van der Waals surface area contributed by atoms with Gasteiger partial charge in [-0.2, -0.15) is 0 Å². The van der Waals surface area contributed by atoms with Gasteiger partial charge in [-0.3, -0.25) is 9.52 Å². The van der Waals surface area contributed by atoms with Gasteiger partial charge in [-0.25, -0.2) is 13.4 Å². The minimum absolute atomic E-state index is 0.212. The highest BCUT2D eigenvalue weighted by atomic mass is 32.2. The van der Waals surface area contributed by atoms with Gasteiger partial charge in [-0.1, -0.05) is 0 Å². The maximum absolute atomic E-state index is 12.4. The maximum Gasteiger partial charge on any atom is 0.261 e. The van der Waals surface area contributed by atoms with Gasteiger partial charge >= 0.3 is 0 Å². The number of carbonyl (C=O) groups excluding carboxylic acids is 1. The number of benzene rings is 2. The minimum atomic E-state index is -3.99. The molecule has 0 radical (unpaired) electrons. The van der Waals surface area contributed by atoms with Gasteiger partial charge in [0.1, 0.15) is 5.75 Å². The van der Waals surface area contributed by atoms with E-state index in [9.17, 15) is 18.3 Å². The van der Waals surface area contributed by atoms with Crippen LogP contribution in [0.3, 0.4) is 0 Å². The molecule has 0 saturated carbocycles. The zero-order valence-corrected chi connectivity index (χ0v) is 13.0. The molecule has 124 valence electrons. The molecule has 3 rings (SSSR count). The fourth-order valence-corrected chi connectivity index (χ4v) is 3.26. The number of anilines is 2. The molecule has 1 heterocycles. The number of imidazole rings is 1. The first-order valence-electron chi connectivity index (χ1n) is 6.67. The Morgan fingerprint density at radius 1 is 1.21 bits per heavy atom. The average Bonchev–Trinajstić information content (AvgIpc) is 2.86. The van der Waals surface area contributed by atoms with Crippen LogP contribution in [-0.2, 0) is 10.0 Å². The van der Waals surface area contributed by atoms with Crippen molar-refractivity contribution in [2.45, 2.75) is 4.90 Å². The number of H-pyrrole nitrogens is 1. The molecule has 24 heavy (non-hydrogen) atoms. The minimum Gasteiger partial charge on any atom is -0.507 e. The molecule has 1 amide bonds. The van der Waals surface area contributed by atoms with Crippen LogP contribution in [0.1, 0.15) is 10.4 Å². The average molecular weight is 347 g/mol. The maximum atomic E-state index is 12.4. The Morgan fingerprint density at radius 3 is 2.67 bits per heavy atom. The van der Waals surface area contributed by atoms with E-state index >= 15 is 0 Å². The molecule has 0 unspecified atom stereocenters. The number of sulfonamides is 1. The fourth-order valence-electron chi connectivity index (χ4n) is 2.18. The van der Waals surface area contributed by atoms with E-state index in [0.29, 0.717) is 11.0 Å². The van der Waals surface area contributed by atoms with E-state index in [1.807, 2.05) is 0 Å². The Kier molecular flexibility index (Phi) is 3.53. The van der Waals surface area contributed by atoms with Gasteiger partial charge in [0.2, 0.25) is 0 Å². The summed E-state index contributed by atoms with van der Waals surface area (Å²) in [6, 6.07) is 7.93. The molecule has 0 aliphatic heterocycles. The highest BCUT2D eigenvalue weighted by Crippen LogP contribution is 2.24. The predicted molar refractivity (Wildman–Crippen MR) is 87.9 cm³/mol. The summed E-state index contributed by atoms with van der Waals surface area (Å²) in [7, 11) is -3.99. The Labute approximate surface area is 136 Å². The molecule has 10 heteroatoms. The number of nitrogens with one attached hydrogen (secondary N) is 2. The molecule has 0 atom stereocenters. The van der Waals surface area contributed by atoms with Crippen LogP contribution in [-0.4, -0.2) is 29.4 Å². The first-order chi connectivity index (χ1) is 11.3. The first-order valence-corrected chi connectivity index (χ1v) is 8.15. The molecule has 0 spiro atoms. The molecule has 0 aliphatic carbocycles. The standard InChI is InChI=1S/C14H13N5O4S/c15-13(21)9-6-8(2-4-12(9)20)24(22,23)19-7-1-3-10-11(5-7)18-14(16)17-10/h1-6,19-20H,(H2,15,21)(H3,16,17,18). The number of aromatic hydroxyl groups is 1. The summed E-state index contributed by atoms with van der Waals surface area (Å²) in [6.07, 6.45) is 0. The molecular weight excluding hydrogens is 334 g/mol. The van der Waals surface area contributed by atoms with Crippen molar-refractivity contribution in [2.24, 2.45) is 5.73 Å². The number of hydrogen-bond acceptors (Lipinski definition) is 6. The van der Waals surface area contributed by atoms with Crippen LogP contribution in [0.2, 0.25) is 0 Å². The summed E-state index contributed by atoms with van der Waals surface area (Å²) in [5, 5.41) is 9.54. The quantitative estimate of drug-likeness (QED) is 0.467. The van der Waals surface area contributed by atoms with Crippen molar-refractivity contribution in [1.82, 2.24) is 9.97 Å². The Hall–Kier alpha value is -3.27. The Morgan fingerprint density at radius 2 is 1.96 bits per heavy atom. The number of fused-ring (bicyclic) bond motifs is 1. The molecule has 3 aromatic rings. The van der Waals surface area contributed by atoms with Crippen molar-refractivity contribution in [1.29, 1.82) is 0 Å². The van der Waals surface area contributed by atoms with Crippen LogP contribution in [0.4, 0.5) is 11.6 Å². The lowest BCUT2D eigenvalue weighted by Gasteiger charge is -2.09. The number of aromatic nitrogens is 2. The normalized spacial score (nSPS) is 11.5. The van der Waals surface area contributed by atoms with E-state index in [-0.39, 0.29) is 22.1 Å². The number of nitrogen functional groups attached to an aromatic ring is 1. The summed E-state index contributed by atoms with van der Waals surface area (Å²) < 4.78 is 27.2. The van der Waals surface area contributed by atoms with Crippen LogP contribution in [0.15, 0.2) is 41.3 Å². The summed E-state index contributed by atoms with van der Waals surface area (Å²) in [5.41, 5.74) is 11.8. The third kappa shape index (κ3) is 2.82. The lowest BCUT2D eigenvalue weighted by atomic mass is 10.2. The SMILES string of the molecule is NC(=O)c1cc(S(=O)(=O)Nc2ccc3[nH]c(N)nc3c2)ccc1O. The lowest BCUT2D eigenvalue weighted by molar-refractivity contribution is 0.0997. The van der Waals surface area contributed by atoms with Gasteiger partial charge in [0.15, 0.2) is 5.95 Å². The second-order valence-electron chi connectivity index (χ2n) is 5.00. The number of nitrogens with two attached hydrogens (primary N) is 2. The zero-order valence-electron chi connectivity index (χ0n) is 12.1. The van der Waals surface area contributed by atoms with E-state index in [4.69, 9.17) is 11.5 Å². The topological polar surface area (TPSA) is 164 Å². The number of nitrogens with zero attached hydrogens (tertiary/aromatic N) is 1. The molecule has 9 nitrogen and oxygen atoms in total. The Bertz CT molecular complexity index is 1060. The van der Waals surface area contributed by atoms with Crippen molar-refractivity contribution in [2.75, 3.05) is 10.5 Å². The number of carbonyl (C=O) groups is 1. The van der Waals surface area contributed by atoms with E-state index in [1.54, 1.807) is 6.07 Å². The van der Waals surface area contributed by atoms with Gasteiger partial charge < -0.3 is 21.6 Å². The van der Waals surface area contributed by atoms with Gasteiger partial charge in [0.05, 0.1) is 27.2 Å². The highest BCUT2D eigenvalue weighted by molar-refractivity contribution is 7.92. The first kappa shape index (κ1) is 15.6. The number of rotatable bonds is 4. The zero-order chi connectivity index (χ0) is 17.5. The molecule has 0 aliphatic rings. The van der Waals surface area contributed by atoms with Crippen molar-refractivity contribution in [3.63, 3.8) is 0 Å². The summed E-state index contributed by atoms with van der Waals surface area (Å²) in [4.78, 5) is 17.9. The molecule has 1 aromatic heterocycles. The summed E-state index contributed by atoms with van der Waals surface area (Å²) in [5.74, 6) is -1.11. The molecule has 0 saturated heterocycles. The van der Waals surface area contributed by atoms with E-state index in [2.05, 4.69) is 14.7 Å². The predicted octanol–water partition coefficient (Wildman–Crippen LogP) is 0.750. The van der Waals surface area contributed by atoms with E-state index in [1.165, 1.54) is 12.1 Å². The number of phenols is 1. The third-order valence-electron chi connectivity index (χ3n) is 3.30. The number of primary amides is 1. The van der Waals surface area contributed by atoms with Crippen molar-refractivity contribution in [3.8, 4) is 5.75 Å². The van der Waals surface area contributed by atoms with Gasteiger partial charge in [-0.05, 0) is 36.4 Å². The van der Waals surface area contributed by atoms with E-state index in [0.717, 1.165) is 18.2 Å². The van der Waals surface area contributed by atoms with Crippen LogP contribution < -0.4 is 16.2 Å². The molecule has 0 fully saturated rings. The molecular formula is C14H13N5O4S. The largest absolute Gasteiger partial charge is 0.507 e. The van der Waals surface area contributed by atoms with Gasteiger partial charge in [-0.15, -0.1) is 0 Å². The van der Waals surface area contributed by atoms with Gasteiger partial charge in [0.25, 0.3) is 15.9 Å². The lowest BCUT2D eigenvalue weighted by Crippen LogP contribution is -2.16. The highest BCUT2D eigenvalue weighted by Gasteiger charge is 2.18. The number of aromatic amines is 1. The fraction of sp³-hybridized carbons (Fsp3) is 0. The summed E-state index contributed by atoms with van der Waals surface area (Å²) >= 11 is 0. The molecule has 2 aromatic carbocycles. The van der Waals surface area contributed by atoms with Crippen molar-refractivity contribution in [3.05, 3.63) is 42.0 Å². The van der Waals surface area contributed by atoms with E-state index < -0.39 is 21.7 Å². The van der Waals surface area contributed by atoms with Gasteiger partial charge in [0, 0.05) is 0 Å². The van der Waals surface area contributed by atoms with Crippen LogP contribution in [0, 0.1) is 0 Å². The smallest absolute Gasteiger partial charge is 0.261 e. The molecule has 7 N–H and O–H groups in total. The monoisotopic (exact) mass is 347 g/mol. The van der Waals surface area contributed by atoms with Crippen molar-refractivity contribution < 1.29 is 18.3 Å². The Balaban J connectivity index is 1.98. The summed E-state index contributed by atoms with van der Waals surface area (Å²) in [6.45, 7) is 0. The second kappa shape index (κ2) is 5.42. The third-order valence-corrected chi connectivity index (χ3v) is 4.68. The van der Waals surface area contributed by atoms with Crippen LogP contribution >= 0.6 is 0 Å². The van der Waals surface area contributed by atoms with Crippen molar-refractivity contribution >= 4 is 38.6 Å². The second-order valence-corrected chi connectivity index (χ2v) is 6.69. The van der Waals surface area contributed by atoms with Crippen LogP contribution in [0.5, 0.6) is 5.75 Å². The number of amides is 1. The number of hydrogen-bond donors (Lipinski definition) is 5. The molecule has 0 bridgehead atoms.